The molecule has 0 saturated heterocycles. The van der Waals surface area contributed by atoms with Crippen LogP contribution in [0.25, 0.3) is 0 Å². The van der Waals surface area contributed by atoms with Crippen molar-refractivity contribution >= 4 is 17.4 Å². The molecule has 0 saturated carbocycles. The lowest BCUT2D eigenvalue weighted by atomic mass is 9.99. The van der Waals surface area contributed by atoms with Crippen LogP contribution in [-0.2, 0) is 4.79 Å². The number of rotatable bonds is 1. The van der Waals surface area contributed by atoms with Gasteiger partial charge in [0.2, 0.25) is 5.91 Å². The van der Waals surface area contributed by atoms with Gasteiger partial charge in [0, 0.05) is 25.5 Å². The summed E-state index contributed by atoms with van der Waals surface area (Å²) in [5, 5.41) is 0. The number of hydrogen-bond acceptors (Lipinski definition) is 3. The van der Waals surface area contributed by atoms with Crippen molar-refractivity contribution in [3.05, 3.63) is 23.8 Å². The van der Waals surface area contributed by atoms with Crippen LogP contribution >= 0.6 is 0 Å². The number of benzene rings is 1. The van der Waals surface area contributed by atoms with Gasteiger partial charge in [-0.2, -0.15) is 0 Å². The lowest BCUT2D eigenvalue weighted by Crippen LogP contribution is -2.36. The Morgan fingerprint density at radius 2 is 2.19 bits per heavy atom. The van der Waals surface area contributed by atoms with Gasteiger partial charge in [-0.05, 0) is 12.1 Å². The average Bonchev–Trinajstić information content (AvgIpc) is 2.28. The Kier molecular flexibility index (Phi) is 2.64. The highest BCUT2D eigenvalue weighted by molar-refractivity contribution is 6.09. The molecule has 1 aliphatic heterocycles. The summed E-state index contributed by atoms with van der Waals surface area (Å²) in [6.07, 6.45) is 0.375. The molecule has 4 nitrogen and oxygen atoms in total. The summed E-state index contributed by atoms with van der Waals surface area (Å²) >= 11 is 0. The molecule has 1 aromatic rings. The summed E-state index contributed by atoms with van der Waals surface area (Å²) in [5.74, 6) is 0.561. The second kappa shape index (κ2) is 3.96. The van der Waals surface area contributed by atoms with E-state index in [4.69, 9.17) is 4.74 Å². The minimum absolute atomic E-state index is 0.0615. The van der Waals surface area contributed by atoms with E-state index in [1.54, 1.807) is 23.1 Å². The van der Waals surface area contributed by atoms with Gasteiger partial charge in [0.1, 0.15) is 5.75 Å². The third-order valence-electron chi connectivity index (χ3n) is 2.73. The SMILES string of the molecule is COc1cccc2c1N(C(C)=O)CCC2=O. The molecule has 4 heteroatoms. The zero-order chi connectivity index (χ0) is 11.7. The van der Waals surface area contributed by atoms with Gasteiger partial charge in [-0.1, -0.05) is 6.07 Å². The van der Waals surface area contributed by atoms with Gasteiger partial charge >= 0.3 is 0 Å². The Morgan fingerprint density at radius 3 is 2.81 bits per heavy atom. The van der Waals surface area contributed by atoms with Crippen molar-refractivity contribution in [3.8, 4) is 5.75 Å². The molecule has 0 aromatic heterocycles. The summed E-state index contributed by atoms with van der Waals surface area (Å²) < 4.78 is 5.20. The summed E-state index contributed by atoms with van der Waals surface area (Å²) in [6.45, 7) is 1.92. The molecule has 1 heterocycles. The van der Waals surface area contributed by atoms with Gasteiger partial charge < -0.3 is 9.64 Å². The fraction of sp³-hybridized carbons (Fsp3) is 0.333. The van der Waals surface area contributed by atoms with Crippen LogP contribution in [0, 0.1) is 0 Å². The van der Waals surface area contributed by atoms with E-state index >= 15 is 0 Å². The van der Waals surface area contributed by atoms with E-state index < -0.39 is 0 Å². The van der Waals surface area contributed by atoms with Crippen LogP contribution in [-0.4, -0.2) is 25.3 Å². The van der Waals surface area contributed by atoms with Crippen molar-refractivity contribution in [1.29, 1.82) is 0 Å². The summed E-state index contributed by atoms with van der Waals surface area (Å²) in [5.41, 5.74) is 1.18. The molecule has 0 spiro atoms. The average molecular weight is 219 g/mol. The predicted molar refractivity (Wildman–Crippen MR) is 60.0 cm³/mol. The van der Waals surface area contributed by atoms with Crippen molar-refractivity contribution in [3.63, 3.8) is 0 Å². The fourth-order valence-electron chi connectivity index (χ4n) is 1.97. The molecule has 1 aliphatic rings. The van der Waals surface area contributed by atoms with E-state index in [1.807, 2.05) is 0 Å². The molecule has 0 bridgehead atoms. The quantitative estimate of drug-likeness (QED) is 0.721. The van der Waals surface area contributed by atoms with Crippen molar-refractivity contribution in [1.82, 2.24) is 0 Å². The highest BCUT2D eigenvalue weighted by Crippen LogP contribution is 2.35. The summed E-state index contributed by atoms with van der Waals surface area (Å²) in [7, 11) is 1.53. The van der Waals surface area contributed by atoms with Gasteiger partial charge in [-0.15, -0.1) is 0 Å². The predicted octanol–water partition coefficient (Wildman–Crippen LogP) is 1.63. The zero-order valence-electron chi connectivity index (χ0n) is 9.32. The molecular weight excluding hydrogens is 206 g/mol. The molecule has 16 heavy (non-hydrogen) atoms. The molecule has 0 aliphatic carbocycles. The lowest BCUT2D eigenvalue weighted by molar-refractivity contribution is -0.116. The van der Waals surface area contributed by atoms with Crippen LogP contribution in [0.15, 0.2) is 18.2 Å². The van der Waals surface area contributed by atoms with Crippen LogP contribution in [0.3, 0.4) is 0 Å². The molecule has 1 aromatic carbocycles. The maximum absolute atomic E-state index is 11.7. The standard InChI is InChI=1S/C12H13NO3/c1-8(14)13-7-6-10(15)9-4-3-5-11(16-2)12(9)13/h3-5H,6-7H2,1-2H3. The molecule has 0 fully saturated rings. The van der Waals surface area contributed by atoms with E-state index in [0.717, 1.165) is 0 Å². The zero-order valence-corrected chi connectivity index (χ0v) is 9.32. The number of carbonyl (C=O) groups excluding carboxylic acids is 2. The number of Topliss-reactive ketones (excluding diaryl/α,β-unsaturated/α-hetero) is 1. The van der Waals surface area contributed by atoms with E-state index in [9.17, 15) is 9.59 Å². The van der Waals surface area contributed by atoms with Crippen LogP contribution < -0.4 is 9.64 Å². The first kappa shape index (κ1) is 10.7. The Bertz CT molecular complexity index is 454. The molecule has 0 unspecified atom stereocenters. The Hall–Kier alpha value is -1.84. The molecule has 2 rings (SSSR count). The van der Waals surface area contributed by atoms with Crippen molar-refractivity contribution in [2.24, 2.45) is 0 Å². The monoisotopic (exact) mass is 219 g/mol. The minimum Gasteiger partial charge on any atom is -0.495 e. The molecule has 1 amide bonds. The molecular formula is C12H13NO3. The van der Waals surface area contributed by atoms with Crippen LogP contribution in [0.4, 0.5) is 5.69 Å². The number of anilines is 1. The highest BCUT2D eigenvalue weighted by atomic mass is 16.5. The molecule has 0 N–H and O–H groups in total. The first-order valence-electron chi connectivity index (χ1n) is 5.13. The third kappa shape index (κ3) is 1.56. The van der Waals surface area contributed by atoms with Crippen LogP contribution in [0.2, 0.25) is 0 Å². The van der Waals surface area contributed by atoms with E-state index in [2.05, 4.69) is 0 Å². The Balaban J connectivity index is 2.61. The van der Waals surface area contributed by atoms with E-state index in [0.29, 0.717) is 30.0 Å². The minimum atomic E-state index is -0.0711. The largest absolute Gasteiger partial charge is 0.495 e. The first-order valence-corrected chi connectivity index (χ1v) is 5.13. The van der Waals surface area contributed by atoms with Gasteiger partial charge in [0.15, 0.2) is 5.78 Å². The van der Waals surface area contributed by atoms with Gasteiger partial charge in [0.25, 0.3) is 0 Å². The maximum atomic E-state index is 11.7. The molecule has 0 radical (unpaired) electrons. The molecule has 0 atom stereocenters. The smallest absolute Gasteiger partial charge is 0.223 e. The van der Waals surface area contributed by atoms with Crippen molar-refractivity contribution in [2.75, 3.05) is 18.6 Å². The van der Waals surface area contributed by atoms with E-state index in [1.165, 1.54) is 14.0 Å². The number of fused-ring (bicyclic) bond motifs is 1. The highest BCUT2D eigenvalue weighted by Gasteiger charge is 2.28. The Morgan fingerprint density at radius 1 is 1.44 bits per heavy atom. The lowest BCUT2D eigenvalue weighted by Gasteiger charge is -2.29. The second-order valence-corrected chi connectivity index (χ2v) is 3.70. The maximum Gasteiger partial charge on any atom is 0.223 e. The molecule has 84 valence electrons. The summed E-state index contributed by atoms with van der Waals surface area (Å²) in [4.78, 5) is 24.8. The first-order chi connectivity index (χ1) is 7.65. The normalized spacial score (nSPS) is 14.6. The van der Waals surface area contributed by atoms with Gasteiger partial charge in [0.05, 0.1) is 12.8 Å². The van der Waals surface area contributed by atoms with Crippen molar-refractivity contribution in [2.45, 2.75) is 13.3 Å². The number of hydrogen-bond donors (Lipinski definition) is 0. The number of nitrogens with zero attached hydrogens (tertiary/aromatic N) is 1. The van der Waals surface area contributed by atoms with E-state index in [-0.39, 0.29) is 11.7 Å². The number of ether oxygens (including phenoxy) is 1. The van der Waals surface area contributed by atoms with Crippen molar-refractivity contribution < 1.29 is 14.3 Å². The number of amides is 1. The Labute approximate surface area is 93.8 Å². The number of carbonyl (C=O) groups is 2. The third-order valence-corrected chi connectivity index (χ3v) is 2.73. The fourth-order valence-corrected chi connectivity index (χ4v) is 1.97. The summed E-state index contributed by atoms with van der Waals surface area (Å²) in [6, 6.07) is 5.25. The second-order valence-electron chi connectivity index (χ2n) is 3.70. The van der Waals surface area contributed by atoms with Crippen LogP contribution in [0.1, 0.15) is 23.7 Å². The number of para-hydroxylation sites is 1. The van der Waals surface area contributed by atoms with Gasteiger partial charge in [-0.3, -0.25) is 9.59 Å². The topological polar surface area (TPSA) is 46.6 Å². The number of methoxy groups -OCH3 is 1. The van der Waals surface area contributed by atoms with Gasteiger partial charge in [-0.25, -0.2) is 0 Å². The number of ketones is 1. The van der Waals surface area contributed by atoms with Crippen LogP contribution in [0.5, 0.6) is 5.75 Å².